The fourth-order valence-corrected chi connectivity index (χ4v) is 1.30. The van der Waals surface area contributed by atoms with E-state index >= 15 is 0 Å². The maximum Gasteiger partial charge on any atom is 0.120 e. The second-order valence-corrected chi connectivity index (χ2v) is 3.65. The fraction of sp³-hybridized carbons (Fsp3) is 0.357. The minimum absolute atomic E-state index is 0.0897. The van der Waals surface area contributed by atoms with Crippen molar-refractivity contribution in [2.75, 3.05) is 6.61 Å². The van der Waals surface area contributed by atoms with E-state index < -0.39 is 0 Å². The molecule has 0 spiro atoms. The van der Waals surface area contributed by atoms with Crippen molar-refractivity contribution in [3.63, 3.8) is 0 Å². The van der Waals surface area contributed by atoms with Gasteiger partial charge in [0, 0.05) is 13.0 Å². The van der Waals surface area contributed by atoms with E-state index in [2.05, 4.69) is 12.1 Å². The molecule has 0 fully saturated rings. The van der Waals surface area contributed by atoms with E-state index in [-0.39, 0.29) is 6.10 Å². The number of hydrogen-bond acceptors (Lipinski definition) is 2. The van der Waals surface area contributed by atoms with E-state index in [9.17, 15) is 4.79 Å². The maximum absolute atomic E-state index is 10.1. The van der Waals surface area contributed by atoms with Gasteiger partial charge in [-0.15, -0.1) is 0 Å². The molecule has 0 N–H and O–H groups in total. The number of hydrogen-bond donors (Lipinski definition) is 0. The zero-order valence-electron chi connectivity index (χ0n) is 9.63. The third kappa shape index (κ3) is 5.47. The molecule has 0 aliphatic rings. The Kier molecular flexibility index (Phi) is 6.19. The third-order valence-electron chi connectivity index (χ3n) is 2.21. The normalized spacial score (nSPS) is 12.8. The first-order valence-corrected chi connectivity index (χ1v) is 5.61. The highest BCUT2D eigenvalue weighted by molar-refractivity contribution is 5.49. The van der Waals surface area contributed by atoms with Crippen LogP contribution in [0.3, 0.4) is 0 Å². The minimum atomic E-state index is 0.0897. The third-order valence-corrected chi connectivity index (χ3v) is 2.21. The van der Waals surface area contributed by atoms with Crippen LogP contribution in [-0.4, -0.2) is 19.0 Å². The van der Waals surface area contributed by atoms with Crippen LogP contribution < -0.4 is 0 Å². The molecule has 2 heteroatoms. The molecule has 0 aliphatic carbocycles. The first-order valence-electron chi connectivity index (χ1n) is 5.61. The molecule has 0 bridgehead atoms. The van der Waals surface area contributed by atoms with Gasteiger partial charge in [-0.2, -0.15) is 0 Å². The molecule has 0 saturated heterocycles. The fourth-order valence-electron chi connectivity index (χ4n) is 1.30. The van der Waals surface area contributed by atoms with E-state index in [1.165, 1.54) is 5.56 Å². The highest BCUT2D eigenvalue weighted by Crippen LogP contribution is 2.04. The molecule has 0 aromatic heterocycles. The average Bonchev–Trinajstić information content (AvgIpc) is 2.33. The van der Waals surface area contributed by atoms with Crippen LogP contribution in [0.4, 0.5) is 0 Å². The number of unbranched alkanes of at least 4 members (excludes halogenated alkanes) is 1. The number of carbonyl (C=O) groups is 1. The molecule has 0 amide bonds. The number of benzene rings is 1. The highest BCUT2D eigenvalue weighted by Gasteiger charge is 1.96. The molecule has 0 aliphatic heterocycles. The maximum atomic E-state index is 10.1. The van der Waals surface area contributed by atoms with Gasteiger partial charge in [0.25, 0.3) is 0 Å². The van der Waals surface area contributed by atoms with Crippen molar-refractivity contribution < 1.29 is 9.53 Å². The predicted molar refractivity (Wildman–Crippen MR) is 66.2 cm³/mol. The summed E-state index contributed by atoms with van der Waals surface area (Å²) in [6.45, 7) is 2.64. The number of carbonyl (C=O) groups excluding carboxylic acids is 1. The van der Waals surface area contributed by atoms with Gasteiger partial charge < -0.3 is 9.53 Å². The summed E-state index contributed by atoms with van der Waals surface area (Å²) < 4.78 is 5.52. The van der Waals surface area contributed by atoms with Gasteiger partial charge in [-0.05, 0) is 18.9 Å². The lowest BCUT2D eigenvalue weighted by molar-refractivity contribution is -0.108. The lowest BCUT2D eigenvalue weighted by Gasteiger charge is -2.07. The molecule has 1 rings (SSSR count). The molecule has 1 unspecified atom stereocenters. The van der Waals surface area contributed by atoms with Crippen molar-refractivity contribution >= 4 is 12.4 Å². The van der Waals surface area contributed by atoms with Crippen molar-refractivity contribution in [1.29, 1.82) is 0 Å². The van der Waals surface area contributed by atoms with Gasteiger partial charge in [0.2, 0.25) is 0 Å². The molecule has 86 valence electrons. The number of aldehydes is 1. The topological polar surface area (TPSA) is 26.3 Å². The Morgan fingerprint density at radius 1 is 1.31 bits per heavy atom. The van der Waals surface area contributed by atoms with Crippen molar-refractivity contribution in [3.8, 4) is 0 Å². The summed E-state index contributed by atoms with van der Waals surface area (Å²) in [5.41, 5.74) is 1.17. The van der Waals surface area contributed by atoms with Crippen molar-refractivity contribution in [1.82, 2.24) is 0 Å². The first kappa shape index (κ1) is 12.7. The van der Waals surface area contributed by atoms with E-state index in [4.69, 9.17) is 4.74 Å². The van der Waals surface area contributed by atoms with E-state index in [0.29, 0.717) is 13.0 Å². The average molecular weight is 218 g/mol. The van der Waals surface area contributed by atoms with Gasteiger partial charge in [0.15, 0.2) is 0 Å². The van der Waals surface area contributed by atoms with E-state index in [1.807, 2.05) is 37.3 Å². The second kappa shape index (κ2) is 7.83. The predicted octanol–water partition coefficient (Wildman–Crippen LogP) is 3.08. The summed E-state index contributed by atoms with van der Waals surface area (Å²) in [6, 6.07) is 10.1. The molecule has 1 aromatic carbocycles. The summed E-state index contributed by atoms with van der Waals surface area (Å²) in [6.07, 6.45) is 6.46. The summed E-state index contributed by atoms with van der Waals surface area (Å²) in [5.74, 6) is 0. The molecule has 0 saturated carbocycles. The smallest absolute Gasteiger partial charge is 0.120 e. The van der Waals surface area contributed by atoms with Crippen LogP contribution in [0.5, 0.6) is 0 Å². The Balaban J connectivity index is 2.25. The summed E-state index contributed by atoms with van der Waals surface area (Å²) in [5, 5.41) is 0. The van der Waals surface area contributed by atoms with Crippen LogP contribution in [-0.2, 0) is 9.53 Å². The van der Waals surface area contributed by atoms with Crippen LogP contribution in [0.1, 0.15) is 25.3 Å². The highest BCUT2D eigenvalue weighted by atomic mass is 16.5. The Morgan fingerprint density at radius 3 is 2.75 bits per heavy atom. The second-order valence-electron chi connectivity index (χ2n) is 3.65. The summed E-state index contributed by atoms with van der Waals surface area (Å²) >= 11 is 0. The molecule has 0 heterocycles. The quantitative estimate of drug-likeness (QED) is 0.519. The standard InChI is InChI=1S/C14H18O2/c1-13(16-12-6-5-11-15)9-10-14-7-3-2-4-8-14/h2-4,7-11,13H,5-6,12H2,1H3/b10-9+. The van der Waals surface area contributed by atoms with Gasteiger partial charge in [-0.3, -0.25) is 0 Å². The van der Waals surface area contributed by atoms with Gasteiger partial charge in [0.1, 0.15) is 6.29 Å². The molecule has 1 atom stereocenters. The van der Waals surface area contributed by atoms with Gasteiger partial charge >= 0.3 is 0 Å². The minimum Gasteiger partial charge on any atom is -0.374 e. The monoisotopic (exact) mass is 218 g/mol. The van der Waals surface area contributed by atoms with Crippen LogP contribution in [0, 0.1) is 0 Å². The Morgan fingerprint density at radius 2 is 2.06 bits per heavy atom. The van der Waals surface area contributed by atoms with Crippen molar-refractivity contribution in [3.05, 3.63) is 42.0 Å². The molecular weight excluding hydrogens is 200 g/mol. The molecular formula is C14H18O2. The lowest BCUT2D eigenvalue weighted by atomic mass is 10.2. The molecule has 16 heavy (non-hydrogen) atoms. The van der Waals surface area contributed by atoms with E-state index in [0.717, 1.165) is 12.7 Å². The van der Waals surface area contributed by atoms with Gasteiger partial charge in [0.05, 0.1) is 6.10 Å². The Hall–Kier alpha value is -1.41. The van der Waals surface area contributed by atoms with Gasteiger partial charge in [-0.25, -0.2) is 0 Å². The van der Waals surface area contributed by atoms with Crippen LogP contribution in [0.15, 0.2) is 36.4 Å². The zero-order valence-corrected chi connectivity index (χ0v) is 9.63. The van der Waals surface area contributed by atoms with E-state index in [1.54, 1.807) is 0 Å². The van der Waals surface area contributed by atoms with Crippen LogP contribution in [0.25, 0.3) is 6.08 Å². The van der Waals surface area contributed by atoms with Crippen LogP contribution >= 0.6 is 0 Å². The first-order chi connectivity index (χ1) is 7.83. The van der Waals surface area contributed by atoms with Gasteiger partial charge in [-0.1, -0.05) is 42.5 Å². The lowest BCUT2D eigenvalue weighted by Crippen LogP contribution is -2.05. The largest absolute Gasteiger partial charge is 0.374 e. The molecule has 0 radical (unpaired) electrons. The number of rotatable bonds is 7. The van der Waals surface area contributed by atoms with Crippen LogP contribution in [0.2, 0.25) is 0 Å². The Labute approximate surface area is 96.9 Å². The summed E-state index contributed by atoms with van der Waals surface area (Å²) in [7, 11) is 0. The van der Waals surface area contributed by atoms with Crippen molar-refractivity contribution in [2.24, 2.45) is 0 Å². The SMILES string of the molecule is CC(/C=C/c1ccccc1)OCCCC=O. The Bertz CT molecular complexity index is 317. The number of ether oxygens (including phenoxy) is 1. The van der Waals surface area contributed by atoms with Crippen molar-refractivity contribution in [2.45, 2.75) is 25.9 Å². The summed E-state index contributed by atoms with van der Waals surface area (Å²) in [4.78, 5) is 10.1. The molecule has 2 nitrogen and oxygen atoms in total. The molecule has 1 aromatic rings. The zero-order chi connectivity index (χ0) is 11.6.